The molecule has 2 heterocycles. The highest BCUT2D eigenvalue weighted by Crippen LogP contribution is 2.29. The minimum absolute atomic E-state index is 0.677. The van der Waals surface area contributed by atoms with Crippen molar-refractivity contribution in [1.29, 1.82) is 0 Å². The third kappa shape index (κ3) is 5.37. The predicted octanol–water partition coefficient (Wildman–Crippen LogP) is 4.40. The summed E-state index contributed by atoms with van der Waals surface area (Å²) in [6.45, 7) is 6.16. The van der Waals surface area contributed by atoms with Crippen LogP contribution in [-0.2, 0) is 24.1 Å². The van der Waals surface area contributed by atoms with Gasteiger partial charge in [-0.3, -0.25) is 14.9 Å². The summed E-state index contributed by atoms with van der Waals surface area (Å²) in [5.41, 5.74) is 6.70. The molecule has 1 saturated heterocycles. The molecule has 1 aliphatic carbocycles. The zero-order valence-electron chi connectivity index (χ0n) is 19.7. The van der Waals surface area contributed by atoms with Gasteiger partial charge >= 0.3 is 0 Å². The minimum atomic E-state index is 0.677. The monoisotopic (exact) mass is 444 g/mol. The molecule has 2 aromatic carbocycles. The van der Waals surface area contributed by atoms with E-state index in [0.717, 1.165) is 31.9 Å². The number of nitrogens with one attached hydrogen (secondary N) is 1. The lowest BCUT2D eigenvalue weighted by Gasteiger charge is -2.38. The number of methoxy groups -OCH3 is 1. The molecule has 1 fully saturated rings. The van der Waals surface area contributed by atoms with Gasteiger partial charge < -0.3 is 4.74 Å². The second-order valence-electron chi connectivity index (χ2n) is 9.70. The highest BCUT2D eigenvalue weighted by Gasteiger charge is 2.31. The third-order valence-corrected chi connectivity index (χ3v) is 7.40. The van der Waals surface area contributed by atoms with E-state index < -0.39 is 0 Å². The van der Waals surface area contributed by atoms with Gasteiger partial charge in [0.05, 0.1) is 18.5 Å². The van der Waals surface area contributed by atoms with Gasteiger partial charge in [-0.15, -0.1) is 0 Å². The number of aromatic amines is 1. The maximum absolute atomic E-state index is 5.46. The normalized spacial score (nSPS) is 19.3. The summed E-state index contributed by atoms with van der Waals surface area (Å²) < 4.78 is 5.46. The van der Waals surface area contributed by atoms with Crippen LogP contribution >= 0.6 is 0 Å². The lowest BCUT2D eigenvalue weighted by molar-refractivity contribution is 0.0844. The van der Waals surface area contributed by atoms with Crippen LogP contribution in [0, 0.1) is 5.92 Å². The zero-order chi connectivity index (χ0) is 22.5. The van der Waals surface area contributed by atoms with Crippen LogP contribution < -0.4 is 0 Å². The average molecular weight is 445 g/mol. The molecule has 3 aromatic rings. The first-order valence-corrected chi connectivity index (χ1v) is 12.4. The van der Waals surface area contributed by atoms with Gasteiger partial charge in [-0.25, -0.2) is 0 Å². The van der Waals surface area contributed by atoms with E-state index in [1.54, 1.807) is 18.2 Å². The number of H-pyrrole nitrogens is 1. The van der Waals surface area contributed by atoms with Crippen molar-refractivity contribution >= 4 is 0 Å². The van der Waals surface area contributed by atoms with Crippen molar-refractivity contribution in [3.8, 4) is 11.3 Å². The molecule has 1 aliphatic heterocycles. The SMILES string of the molecule is COCCN(Cc1cn[nH]c1-c1ccccc1)CC1CCCN(C2Cc3ccccc3C2)C1. The van der Waals surface area contributed by atoms with Crippen molar-refractivity contribution in [3.05, 3.63) is 77.5 Å². The van der Waals surface area contributed by atoms with E-state index in [1.807, 2.05) is 6.20 Å². The molecule has 0 amide bonds. The Morgan fingerprint density at radius 1 is 1.06 bits per heavy atom. The number of likely N-dealkylation sites (tertiary alicyclic amines) is 1. The molecule has 174 valence electrons. The largest absolute Gasteiger partial charge is 0.383 e. The highest BCUT2D eigenvalue weighted by molar-refractivity contribution is 5.62. The Bertz CT molecular complexity index is 993. The lowest BCUT2D eigenvalue weighted by atomic mass is 9.95. The first kappa shape index (κ1) is 22.3. The van der Waals surface area contributed by atoms with Crippen LogP contribution in [-0.4, -0.2) is 65.9 Å². The van der Waals surface area contributed by atoms with Crippen molar-refractivity contribution in [2.75, 3.05) is 39.9 Å². The quantitative estimate of drug-likeness (QED) is 0.531. The van der Waals surface area contributed by atoms with Crippen LogP contribution in [0.5, 0.6) is 0 Å². The van der Waals surface area contributed by atoms with E-state index in [0.29, 0.717) is 12.0 Å². The van der Waals surface area contributed by atoms with Gasteiger partial charge in [0.2, 0.25) is 0 Å². The Balaban J connectivity index is 1.24. The molecule has 5 heteroatoms. The molecule has 5 rings (SSSR count). The van der Waals surface area contributed by atoms with Crippen molar-refractivity contribution in [3.63, 3.8) is 0 Å². The van der Waals surface area contributed by atoms with Gasteiger partial charge in [0.25, 0.3) is 0 Å². The van der Waals surface area contributed by atoms with Gasteiger partial charge in [-0.05, 0) is 54.8 Å². The molecule has 0 spiro atoms. The van der Waals surface area contributed by atoms with Gasteiger partial charge in [0.1, 0.15) is 0 Å². The first-order chi connectivity index (χ1) is 16.3. The van der Waals surface area contributed by atoms with E-state index in [-0.39, 0.29) is 0 Å². The fourth-order valence-electron chi connectivity index (χ4n) is 5.72. The van der Waals surface area contributed by atoms with Crippen molar-refractivity contribution < 1.29 is 4.74 Å². The Morgan fingerprint density at radius 3 is 2.58 bits per heavy atom. The molecule has 0 radical (unpaired) electrons. The van der Waals surface area contributed by atoms with Crippen LogP contribution in [0.4, 0.5) is 0 Å². The van der Waals surface area contributed by atoms with Gasteiger partial charge in [-0.2, -0.15) is 5.10 Å². The summed E-state index contributed by atoms with van der Waals surface area (Å²) in [6, 6.07) is 20.2. The van der Waals surface area contributed by atoms with Crippen molar-refractivity contribution in [2.24, 2.45) is 5.92 Å². The summed E-state index contributed by atoms with van der Waals surface area (Å²) in [5.74, 6) is 0.700. The molecule has 1 aromatic heterocycles. The fourth-order valence-corrected chi connectivity index (χ4v) is 5.72. The molecule has 5 nitrogen and oxygen atoms in total. The zero-order valence-corrected chi connectivity index (χ0v) is 19.7. The Labute approximate surface area is 197 Å². The Hall–Kier alpha value is -2.47. The maximum Gasteiger partial charge on any atom is 0.0695 e. The minimum Gasteiger partial charge on any atom is -0.383 e. The number of ether oxygens (including phenoxy) is 1. The molecule has 0 bridgehead atoms. The standard InChI is InChI=1S/C28H36N4O/c1-33-15-14-31(21-26-18-29-30-28(26)23-9-3-2-4-10-23)19-22-8-7-13-32(20-22)27-16-24-11-5-6-12-25(24)17-27/h2-6,9-12,18,22,27H,7-8,13-17,19-21H2,1H3,(H,29,30). The molecular formula is C28H36N4O. The number of hydrogen-bond acceptors (Lipinski definition) is 4. The smallest absolute Gasteiger partial charge is 0.0695 e. The summed E-state index contributed by atoms with van der Waals surface area (Å²) in [4.78, 5) is 5.34. The number of rotatable bonds is 9. The summed E-state index contributed by atoms with van der Waals surface area (Å²) in [7, 11) is 1.80. The van der Waals surface area contributed by atoms with Crippen LogP contribution in [0.25, 0.3) is 11.3 Å². The van der Waals surface area contributed by atoms with E-state index >= 15 is 0 Å². The summed E-state index contributed by atoms with van der Waals surface area (Å²) in [5, 5.41) is 7.60. The van der Waals surface area contributed by atoms with Crippen molar-refractivity contribution in [2.45, 2.75) is 38.3 Å². The Morgan fingerprint density at radius 2 is 1.82 bits per heavy atom. The van der Waals surface area contributed by atoms with E-state index in [2.05, 4.69) is 74.6 Å². The molecule has 1 N–H and O–H groups in total. The average Bonchev–Trinajstić information content (AvgIpc) is 3.50. The predicted molar refractivity (Wildman–Crippen MR) is 133 cm³/mol. The van der Waals surface area contributed by atoms with Crippen molar-refractivity contribution in [1.82, 2.24) is 20.0 Å². The summed E-state index contributed by atoms with van der Waals surface area (Å²) >= 11 is 0. The topological polar surface area (TPSA) is 44.4 Å². The number of aromatic nitrogens is 2. The third-order valence-electron chi connectivity index (χ3n) is 7.40. The fraction of sp³-hybridized carbons (Fsp3) is 0.464. The summed E-state index contributed by atoms with van der Waals surface area (Å²) in [6.07, 6.45) is 7.04. The molecule has 2 aliphatic rings. The number of nitrogens with zero attached hydrogens (tertiary/aromatic N) is 3. The van der Waals surface area contributed by atoms with Crippen LogP contribution in [0.2, 0.25) is 0 Å². The highest BCUT2D eigenvalue weighted by atomic mass is 16.5. The van der Waals surface area contributed by atoms with E-state index in [1.165, 1.54) is 49.9 Å². The van der Waals surface area contributed by atoms with E-state index in [9.17, 15) is 0 Å². The first-order valence-electron chi connectivity index (χ1n) is 12.4. The van der Waals surface area contributed by atoms with Crippen LogP contribution in [0.3, 0.4) is 0 Å². The molecule has 1 unspecified atom stereocenters. The van der Waals surface area contributed by atoms with Crippen LogP contribution in [0.15, 0.2) is 60.8 Å². The number of benzene rings is 2. The number of hydrogen-bond donors (Lipinski definition) is 1. The van der Waals surface area contributed by atoms with E-state index in [4.69, 9.17) is 4.74 Å². The number of fused-ring (bicyclic) bond motifs is 1. The maximum atomic E-state index is 5.46. The molecule has 33 heavy (non-hydrogen) atoms. The van der Waals surface area contributed by atoms with Gasteiger partial charge in [-0.1, -0.05) is 54.6 Å². The molecular weight excluding hydrogens is 408 g/mol. The second kappa shape index (κ2) is 10.6. The molecule has 1 atom stereocenters. The van der Waals surface area contributed by atoms with Gasteiger partial charge in [0, 0.05) is 44.9 Å². The number of piperidine rings is 1. The molecule has 0 saturated carbocycles. The lowest BCUT2D eigenvalue weighted by Crippen LogP contribution is -2.46. The van der Waals surface area contributed by atoms with Gasteiger partial charge in [0.15, 0.2) is 0 Å². The Kier molecular flexibility index (Phi) is 7.20. The second-order valence-corrected chi connectivity index (χ2v) is 9.70. The van der Waals surface area contributed by atoms with Crippen LogP contribution in [0.1, 0.15) is 29.5 Å².